The number of benzene rings is 2. The van der Waals surface area contributed by atoms with Gasteiger partial charge in [-0.1, -0.05) is 55.8 Å². The van der Waals surface area contributed by atoms with Crippen molar-refractivity contribution in [1.29, 1.82) is 0 Å². The molecule has 1 aliphatic heterocycles. The average Bonchev–Trinajstić information content (AvgIpc) is 3.38. The Morgan fingerprint density at radius 2 is 1.67 bits per heavy atom. The molecule has 2 aromatic carbocycles. The number of esters is 1. The van der Waals surface area contributed by atoms with Crippen LogP contribution in [0.2, 0.25) is 5.02 Å². The largest absolute Gasteiger partial charge is 0.484 e. The fourth-order valence-electron chi connectivity index (χ4n) is 4.51. The molecule has 3 amide bonds. The van der Waals surface area contributed by atoms with Gasteiger partial charge in [0, 0.05) is 17.5 Å². The van der Waals surface area contributed by atoms with Gasteiger partial charge in [0.15, 0.2) is 0 Å². The molecular formula is C32H42ClN3O7. The topological polar surface area (TPSA) is 132 Å². The first-order valence-corrected chi connectivity index (χ1v) is 15.0. The molecule has 10 nitrogen and oxygen atoms in total. The van der Waals surface area contributed by atoms with Crippen molar-refractivity contribution in [2.45, 2.75) is 77.7 Å². The summed E-state index contributed by atoms with van der Waals surface area (Å²) < 4.78 is 16.9. The lowest BCUT2D eigenvalue weighted by Crippen LogP contribution is -2.53. The minimum absolute atomic E-state index is 0.0259. The maximum atomic E-state index is 13.5. The van der Waals surface area contributed by atoms with Gasteiger partial charge in [0.25, 0.3) is 0 Å². The number of nitrogens with one attached hydrogen (secondary N) is 3. The van der Waals surface area contributed by atoms with Crippen LogP contribution in [0.3, 0.4) is 0 Å². The summed E-state index contributed by atoms with van der Waals surface area (Å²) in [6, 6.07) is 13.9. The molecule has 1 fully saturated rings. The van der Waals surface area contributed by atoms with Crippen molar-refractivity contribution in [3.8, 4) is 5.75 Å². The van der Waals surface area contributed by atoms with E-state index in [9.17, 15) is 19.2 Å². The first-order chi connectivity index (χ1) is 20.4. The predicted molar refractivity (Wildman–Crippen MR) is 162 cm³/mol. The number of rotatable bonds is 15. The van der Waals surface area contributed by atoms with Crippen molar-refractivity contribution in [1.82, 2.24) is 16.0 Å². The normalized spacial score (nSPS) is 16.1. The highest BCUT2D eigenvalue weighted by atomic mass is 35.5. The van der Waals surface area contributed by atoms with Gasteiger partial charge in [0.2, 0.25) is 11.8 Å². The van der Waals surface area contributed by atoms with Gasteiger partial charge in [-0.15, -0.1) is 0 Å². The fourth-order valence-corrected chi connectivity index (χ4v) is 4.64. The third-order valence-corrected chi connectivity index (χ3v) is 7.16. The Kier molecular flexibility index (Phi) is 12.7. The minimum Gasteiger partial charge on any atom is -0.484 e. The average molecular weight is 616 g/mol. The minimum atomic E-state index is -1.07. The standard InChI is InChI=1S/C32H42ClN3O7/c1-21(2)10-15-26(36-31(40)42-20-32(3,4)43-25-13-11-24(33)12-14-25)29(38)35-27(18-23-16-17-34-28(23)37)30(39)41-19-22-8-6-5-7-9-22/h5-9,11-14,21,23,26-27H,10,15-20H2,1-4H3,(H,34,37)(H,35,38)(H,36,40)/t23?,26-,27-/m0/s1. The third kappa shape index (κ3) is 11.8. The molecule has 3 N–H and O–H groups in total. The SMILES string of the molecule is CC(C)CC[C@H](NC(=O)OCC(C)(C)Oc1ccc(Cl)cc1)C(=O)N[C@@H](CC1CCNC1=O)C(=O)OCc1ccccc1. The van der Waals surface area contributed by atoms with Gasteiger partial charge in [0.1, 0.15) is 36.6 Å². The molecule has 0 aromatic heterocycles. The first kappa shape index (κ1) is 33.7. The van der Waals surface area contributed by atoms with E-state index in [0.717, 1.165) is 5.56 Å². The molecular weight excluding hydrogens is 574 g/mol. The second-order valence-electron chi connectivity index (χ2n) is 11.7. The van der Waals surface area contributed by atoms with Gasteiger partial charge in [-0.3, -0.25) is 9.59 Å². The second kappa shape index (κ2) is 16.2. The van der Waals surface area contributed by atoms with E-state index >= 15 is 0 Å². The van der Waals surface area contributed by atoms with Gasteiger partial charge in [-0.05, 0) is 75.3 Å². The molecule has 1 unspecified atom stereocenters. The van der Waals surface area contributed by atoms with Crippen molar-refractivity contribution in [2.75, 3.05) is 13.2 Å². The van der Waals surface area contributed by atoms with Crippen LogP contribution in [0.25, 0.3) is 0 Å². The number of hydrogen-bond donors (Lipinski definition) is 3. The zero-order valence-electron chi connectivity index (χ0n) is 25.2. The third-order valence-electron chi connectivity index (χ3n) is 6.91. The molecule has 3 atom stereocenters. The van der Waals surface area contributed by atoms with Crippen molar-refractivity contribution < 1.29 is 33.4 Å². The Bertz CT molecular complexity index is 1220. The summed E-state index contributed by atoms with van der Waals surface area (Å²) in [6.45, 7) is 7.99. The number of carbonyl (C=O) groups excluding carboxylic acids is 4. The van der Waals surface area contributed by atoms with Gasteiger partial charge in [-0.2, -0.15) is 0 Å². The van der Waals surface area contributed by atoms with E-state index < -0.39 is 41.6 Å². The summed E-state index contributed by atoms with van der Waals surface area (Å²) in [4.78, 5) is 51.7. The smallest absolute Gasteiger partial charge is 0.407 e. The summed E-state index contributed by atoms with van der Waals surface area (Å²) in [7, 11) is 0. The van der Waals surface area contributed by atoms with E-state index in [1.807, 2.05) is 44.2 Å². The van der Waals surface area contributed by atoms with Crippen LogP contribution in [-0.2, 0) is 30.5 Å². The van der Waals surface area contributed by atoms with E-state index in [4.69, 9.17) is 25.8 Å². The number of carbonyl (C=O) groups is 4. The highest BCUT2D eigenvalue weighted by Gasteiger charge is 2.34. The quantitative estimate of drug-likeness (QED) is 0.246. The number of hydrogen-bond acceptors (Lipinski definition) is 7. The maximum absolute atomic E-state index is 13.5. The van der Waals surface area contributed by atoms with Gasteiger partial charge in [0.05, 0.1) is 0 Å². The van der Waals surface area contributed by atoms with Crippen molar-refractivity contribution in [2.24, 2.45) is 11.8 Å². The molecule has 1 aliphatic rings. The van der Waals surface area contributed by atoms with E-state index in [0.29, 0.717) is 36.6 Å². The Morgan fingerprint density at radius 3 is 2.30 bits per heavy atom. The van der Waals surface area contributed by atoms with E-state index in [2.05, 4.69) is 16.0 Å². The highest BCUT2D eigenvalue weighted by molar-refractivity contribution is 6.30. The number of alkyl carbamates (subject to hydrolysis) is 1. The van der Waals surface area contributed by atoms with Crippen LogP contribution in [-0.4, -0.2) is 54.7 Å². The molecule has 234 valence electrons. The summed E-state index contributed by atoms with van der Waals surface area (Å²) in [5.74, 6) is -0.999. The van der Waals surface area contributed by atoms with Crippen molar-refractivity contribution in [3.05, 3.63) is 65.2 Å². The van der Waals surface area contributed by atoms with Crippen LogP contribution >= 0.6 is 11.6 Å². The fraction of sp³-hybridized carbons (Fsp3) is 0.500. The molecule has 0 saturated carbocycles. The summed E-state index contributed by atoms with van der Waals surface area (Å²) in [5, 5.41) is 8.71. The molecule has 1 saturated heterocycles. The Balaban J connectivity index is 1.64. The number of halogens is 1. The van der Waals surface area contributed by atoms with Crippen LogP contribution in [0.4, 0.5) is 4.79 Å². The molecule has 0 spiro atoms. The van der Waals surface area contributed by atoms with Gasteiger partial charge >= 0.3 is 12.1 Å². The summed E-state index contributed by atoms with van der Waals surface area (Å²) in [6.07, 6.45) is 0.793. The molecule has 1 heterocycles. The lowest BCUT2D eigenvalue weighted by molar-refractivity contribution is -0.150. The Labute approximate surface area is 258 Å². The van der Waals surface area contributed by atoms with Crippen molar-refractivity contribution >= 4 is 35.5 Å². The molecule has 11 heteroatoms. The van der Waals surface area contributed by atoms with Crippen LogP contribution in [0.15, 0.2) is 54.6 Å². The van der Waals surface area contributed by atoms with Crippen LogP contribution < -0.4 is 20.7 Å². The highest BCUT2D eigenvalue weighted by Crippen LogP contribution is 2.22. The predicted octanol–water partition coefficient (Wildman–Crippen LogP) is 4.78. The maximum Gasteiger partial charge on any atom is 0.407 e. The molecule has 0 aliphatic carbocycles. The van der Waals surface area contributed by atoms with Crippen LogP contribution in [0, 0.1) is 11.8 Å². The van der Waals surface area contributed by atoms with Crippen molar-refractivity contribution in [3.63, 3.8) is 0 Å². The summed E-state index contributed by atoms with van der Waals surface area (Å²) in [5.41, 5.74) is -0.0715. The van der Waals surface area contributed by atoms with Crippen LogP contribution in [0.1, 0.15) is 58.9 Å². The molecule has 2 aromatic rings. The van der Waals surface area contributed by atoms with E-state index in [1.54, 1.807) is 38.1 Å². The monoisotopic (exact) mass is 615 g/mol. The molecule has 3 rings (SSSR count). The summed E-state index contributed by atoms with van der Waals surface area (Å²) >= 11 is 5.93. The Hall–Kier alpha value is -3.79. The molecule has 43 heavy (non-hydrogen) atoms. The lowest BCUT2D eigenvalue weighted by atomic mass is 9.97. The molecule has 0 radical (unpaired) electrons. The van der Waals surface area contributed by atoms with Crippen LogP contribution in [0.5, 0.6) is 5.75 Å². The van der Waals surface area contributed by atoms with Gasteiger partial charge < -0.3 is 30.2 Å². The van der Waals surface area contributed by atoms with Gasteiger partial charge in [-0.25, -0.2) is 9.59 Å². The number of amides is 3. The lowest BCUT2D eigenvalue weighted by Gasteiger charge is -2.27. The molecule has 0 bridgehead atoms. The second-order valence-corrected chi connectivity index (χ2v) is 12.2. The van der Waals surface area contributed by atoms with E-state index in [-0.39, 0.29) is 31.5 Å². The zero-order chi connectivity index (χ0) is 31.4. The first-order valence-electron chi connectivity index (χ1n) is 14.6. The van der Waals surface area contributed by atoms with E-state index in [1.165, 1.54) is 0 Å². The zero-order valence-corrected chi connectivity index (χ0v) is 25.9. The Morgan fingerprint density at radius 1 is 0.977 bits per heavy atom. The number of ether oxygens (including phenoxy) is 3.